The van der Waals surface area contributed by atoms with Crippen molar-refractivity contribution in [1.29, 1.82) is 0 Å². The number of hydrogen-bond acceptors (Lipinski definition) is 8. The Morgan fingerprint density at radius 3 is 0.900 bits per heavy atom. The lowest BCUT2D eigenvalue weighted by atomic mass is 10.1. The van der Waals surface area contributed by atoms with E-state index in [0.29, 0.717) is 22.3 Å². The van der Waals surface area contributed by atoms with E-state index in [2.05, 4.69) is 9.47 Å². The molecule has 2 aliphatic heterocycles. The van der Waals surface area contributed by atoms with E-state index in [1.165, 1.54) is 24.3 Å². The average molecular weight is 406 g/mol. The standard InChI is InChI=1S/2C8H4O3.C6H6O2/c2*9-7-5-3-1-2-4-6(5)8(10)11-7;7-5-1-2-6(8)4-3-5/h2*1-4H;1-4,7-8H. The minimum atomic E-state index is -0.550. The summed E-state index contributed by atoms with van der Waals surface area (Å²) in [5.74, 6) is -1.86. The molecule has 0 amide bonds. The summed E-state index contributed by atoms with van der Waals surface area (Å²) in [5, 5.41) is 17.3. The number of carbonyl (C=O) groups is 4. The maximum Gasteiger partial charge on any atom is 0.346 e. The first kappa shape index (κ1) is 20.3. The van der Waals surface area contributed by atoms with Crippen LogP contribution in [0.25, 0.3) is 0 Å². The number of ether oxygens (including phenoxy) is 2. The molecule has 150 valence electrons. The van der Waals surface area contributed by atoms with Crippen LogP contribution in [0.3, 0.4) is 0 Å². The van der Waals surface area contributed by atoms with Gasteiger partial charge in [0.2, 0.25) is 0 Å². The highest BCUT2D eigenvalue weighted by Crippen LogP contribution is 2.19. The third kappa shape index (κ3) is 4.50. The van der Waals surface area contributed by atoms with Crippen LogP contribution < -0.4 is 0 Å². The number of carbonyl (C=O) groups excluding carboxylic acids is 4. The van der Waals surface area contributed by atoms with Crippen LogP contribution in [-0.2, 0) is 9.47 Å². The third-order valence-corrected chi connectivity index (χ3v) is 3.95. The smallest absolute Gasteiger partial charge is 0.346 e. The van der Waals surface area contributed by atoms with Gasteiger partial charge >= 0.3 is 23.9 Å². The number of phenols is 2. The molecule has 3 aromatic carbocycles. The fraction of sp³-hybridized carbons (Fsp3) is 0. The molecule has 8 nitrogen and oxygen atoms in total. The highest BCUT2D eigenvalue weighted by atomic mass is 16.6. The highest BCUT2D eigenvalue weighted by molar-refractivity contribution is 6.15. The Labute approximate surface area is 169 Å². The fourth-order valence-electron chi connectivity index (χ4n) is 2.52. The van der Waals surface area contributed by atoms with Crippen molar-refractivity contribution < 1.29 is 38.9 Å². The number of cyclic esters (lactones) is 4. The van der Waals surface area contributed by atoms with Crippen LogP contribution in [0.5, 0.6) is 11.5 Å². The molecular formula is C22H14O8. The second-order valence-corrected chi connectivity index (χ2v) is 5.96. The molecule has 0 spiro atoms. The second-order valence-electron chi connectivity index (χ2n) is 5.96. The van der Waals surface area contributed by atoms with Crippen molar-refractivity contribution in [2.75, 3.05) is 0 Å². The van der Waals surface area contributed by atoms with E-state index >= 15 is 0 Å². The van der Waals surface area contributed by atoms with Gasteiger partial charge in [0.25, 0.3) is 0 Å². The summed E-state index contributed by atoms with van der Waals surface area (Å²) in [7, 11) is 0. The molecule has 3 aromatic rings. The van der Waals surface area contributed by atoms with Crippen LogP contribution in [0.15, 0.2) is 72.8 Å². The van der Waals surface area contributed by atoms with Gasteiger partial charge in [0.05, 0.1) is 22.3 Å². The van der Waals surface area contributed by atoms with Gasteiger partial charge in [0.15, 0.2) is 0 Å². The number of hydrogen-bond donors (Lipinski definition) is 2. The molecule has 0 aliphatic carbocycles. The Morgan fingerprint density at radius 2 is 0.667 bits per heavy atom. The number of rotatable bonds is 0. The molecule has 0 aromatic heterocycles. The topological polar surface area (TPSA) is 127 Å². The Hall–Kier alpha value is -4.46. The molecule has 0 saturated carbocycles. The summed E-state index contributed by atoms with van der Waals surface area (Å²) in [6.07, 6.45) is 0. The molecule has 0 bridgehead atoms. The quantitative estimate of drug-likeness (QED) is 0.331. The Kier molecular flexibility index (Phi) is 5.88. The second kappa shape index (κ2) is 8.70. The number of aromatic hydroxyl groups is 2. The third-order valence-electron chi connectivity index (χ3n) is 3.95. The molecule has 0 fully saturated rings. The maximum absolute atomic E-state index is 10.8. The van der Waals surface area contributed by atoms with Gasteiger partial charge in [-0.3, -0.25) is 0 Å². The highest BCUT2D eigenvalue weighted by Gasteiger charge is 2.29. The summed E-state index contributed by atoms with van der Waals surface area (Å²) in [4.78, 5) is 43.3. The van der Waals surface area contributed by atoms with Crippen molar-refractivity contribution in [1.82, 2.24) is 0 Å². The normalized spacial score (nSPS) is 13.1. The summed E-state index contributed by atoms with van der Waals surface area (Å²) in [5.41, 5.74) is 1.44. The minimum absolute atomic E-state index is 0.169. The average Bonchev–Trinajstić information content (AvgIpc) is 3.21. The van der Waals surface area contributed by atoms with E-state index in [0.717, 1.165) is 0 Å². The largest absolute Gasteiger partial charge is 0.508 e. The number of phenolic OH excluding ortho intramolecular Hbond substituents is 2. The van der Waals surface area contributed by atoms with Gasteiger partial charge in [-0.15, -0.1) is 0 Å². The van der Waals surface area contributed by atoms with E-state index in [-0.39, 0.29) is 11.5 Å². The van der Waals surface area contributed by atoms with E-state index < -0.39 is 23.9 Å². The molecule has 0 atom stereocenters. The van der Waals surface area contributed by atoms with Crippen molar-refractivity contribution in [3.63, 3.8) is 0 Å². The van der Waals surface area contributed by atoms with Crippen molar-refractivity contribution in [3.8, 4) is 11.5 Å². The first-order valence-electron chi connectivity index (χ1n) is 8.56. The van der Waals surface area contributed by atoms with Crippen LogP contribution in [0, 0.1) is 0 Å². The summed E-state index contributed by atoms with van der Waals surface area (Å²) >= 11 is 0. The van der Waals surface area contributed by atoms with E-state index in [4.69, 9.17) is 10.2 Å². The summed E-state index contributed by atoms with van der Waals surface area (Å²) in [6.45, 7) is 0. The fourth-order valence-corrected chi connectivity index (χ4v) is 2.52. The molecule has 0 radical (unpaired) electrons. The van der Waals surface area contributed by atoms with Gasteiger partial charge < -0.3 is 19.7 Å². The molecule has 30 heavy (non-hydrogen) atoms. The van der Waals surface area contributed by atoms with Crippen LogP contribution >= 0.6 is 0 Å². The molecule has 5 rings (SSSR count). The Balaban J connectivity index is 0.000000130. The van der Waals surface area contributed by atoms with Crippen LogP contribution in [0.4, 0.5) is 0 Å². The summed E-state index contributed by atoms with van der Waals surface area (Å²) < 4.78 is 8.71. The lowest BCUT2D eigenvalue weighted by molar-refractivity contribution is 0.0425. The predicted octanol–water partition coefficient (Wildman–Crippen LogP) is 3.09. The molecule has 0 saturated heterocycles. The van der Waals surface area contributed by atoms with Crippen LogP contribution in [0.2, 0.25) is 0 Å². The SMILES string of the molecule is O=C1OC(=O)c2ccccc21.O=C1OC(=O)c2ccccc21.Oc1ccc(O)cc1. The minimum Gasteiger partial charge on any atom is -0.508 e. The zero-order valence-corrected chi connectivity index (χ0v) is 15.3. The lowest BCUT2D eigenvalue weighted by Gasteiger charge is -1.88. The van der Waals surface area contributed by atoms with Crippen molar-refractivity contribution >= 4 is 23.9 Å². The number of esters is 4. The van der Waals surface area contributed by atoms with E-state index in [9.17, 15) is 19.2 Å². The van der Waals surface area contributed by atoms with Gasteiger partial charge in [-0.2, -0.15) is 0 Å². The molecule has 0 unspecified atom stereocenters. The monoisotopic (exact) mass is 406 g/mol. The van der Waals surface area contributed by atoms with Gasteiger partial charge in [-0.1, -0.05) is 24.3 Å². The number of fused-ring (bicyclic) bond motifs is 2. The number of benzene rings is 3. The zero-order chi connectivity index (χ0) is 21.7. The lowest BCUT2D eigenvalue weighted by Crippen LogP contribution is -1.96. The zero-order valence-electron chi connectivity index (χ0n) is 15.3. The van der Waals surface area contributed by atoms with Crippen molar-refractivity contribution in [2.24, 2.45) is 0 Å². The molecule has 8 heteroatoms. The Bertz CT molecular complexity index is 975. The first-order chi connectivity index (χ1) is 14.4. The summed E-state index contributed by atoms with van der Waals surface area (Å²) in [6, 6.07) is 18.8. The molecule has 2 aliphatic rings. The van der Waals surface area contributed by atoms with Gasteiger partial charge in [0.1, 0.15) is 11.5 Å². The van der Waals surface area contributed by atoms with E-state index in [1.54, 1.807) is 48.5 Å². The Morgan fingerprint density at radius 1 is 0.433 bits per heavy atom. The molecule has 2 heterocycles. The molecule has 2 N–H and O–H groups in total. The maximum atomic E-state index is 10.8. The van der Waals surface area contributed by atoms with Crippen molar-refractivity contribution in [2.45, 2.75) is 0 Å². The van der Waals surface area contributed by atoms with Crippen molar-refractivity contribution in [3.05, 3.63) is 95.1 Å². The van der Waals surface area contributed by atoms with Crippen LogP contribution in [-0.4, -0.2) is 34.1 Å². The van der Waals surface area contributed by atoms with Gasteiger partial charge in [0, 0.05) is 0 Å². The van der Waals surface area contributed by atoms with E-state index in [1.807, 2.05) is 0 Å². The predicted molar refractivity (Wildman–Crippen MR) is 102 cm³/mol. The first-order valence-corrected chi connectivity index (χ1v) is 8.56. The van der Waals surface area contributed by atoms with Crippen LogP contribution in [0.1, 0.15) is 41.4 Å². The molecular weight excluding hydrogens is 392 g/mol. The van der Waals surface area contributed by atoms with Gasteiger partial charge in [-0.25, -0.2) is 19.2 Å². The van der Waals surface area contributed by atoms with Gasteiger partial charge in [-0.05, 0) is 48.5 Å².